The Morgan fingerprint density at radius 3 is 2.32 bits per heavy atom. The summed E-state index contributed by atoms with van der Waals surface area (Å²) in [7, 11) is -3.62. The summed E-state index contributed by atoms with van der Waals surface area (Å²) in [6, 6.07) is 12.4. The number of benzene rings is 2. The lowest BCUT2D eigenvalue weighted by Gasteiger charge is -2.36. The summed E-state index contributed by atoms with van der Waals surface area (Å²) in [5.74, 6) is -0.444. The van der Waals surface area contributed by atoms with Crippen molar-refractivity contribution in [1.29, 1.82) is 0 Å². The van der Waals surface area contributed by atoms with E-state index >= 15 is 0 Å². The molecular weight excluding hydrogens is 381 g/mol. The molecular formula is C20H22FN3O3S. The van der Waals surface area contributed by atoms with Crippen molar-refractivity contribution in [3.8, 4) is 0 Å². The van der Waals surface area contributed by atoms with Crippen LogP contribution in [-0.2, 0) is 10.0 Å². The molecule has 0 aromatic heterocycles. The largest absolute Gasteiger partial charge is 0.366 e. The highest BCUT2D eigenvalue weighted by atomic mass is 32.2. The van der Waals surface area contributed by atoms with E-state index < -0.39 is 10.0 Å². The molecule has 1 heterocycles. The van der Waals surface area contributed by atoms with Crippen LogP contribution in [-0.4, -0.2) is 51.9 Å². The number of halogens is 1. The van der Waals surface area contributed by atoms with Crippen molar-refractivity contribution >= 4 is 21.6 Å². The zero-order valence-corrected chi connectivity index (χ0v) is 16.2. The highest BCUT2D eigenvalue weighted by Gasteiger charge is 2.24. The smallest absolute Gasteiger partial charge is 0.253 e. The van der Waals surface area contributed by atoms with E-state index in [-0.39, 0.29) is 23.2 Å². The van der Waals surface area contributed by atoms with E-state index in [9.17, 15) is 17.6 Å². The molecule has 2 aromatic carbocycles. The molecule has 0 aliphatic carbocycles. The monoisotopic (exact) mass is 403 g/mol. The summed E-state index contributed by atoms with van der Waals surface area (Å²) in [5.41, 5.74) is 0.957. The maximum absolute atomic E-state index is 13.9. The Bertz CT molecular complexity index is 953. The number of sulfonamides is 1. The SMILES string of the molecule is C=CCNS(=O)(=O)c1ccc(C(=O)N2CCN(c3ccccc3F)CC2)cc1. The van der Waals surface area contributed by atoms with Gasteiger partial charge in [-0.1, -0.05) is 18.2 Å². The minimum atomic E-state index is -3.62. The van der Waals surface area contributed by atoms with E-state index in [0.29, 0.717) is 37.4 Å². The molecule has 0 unspecified atom stereocenters. The summed E-state index contributed by atoms with van der Waals surface area (Å²) in [4.78, 5) is 16.4. The molecule has 3 rings (SSSR count). The van der Waals surface area contributed by atoms with Crippen LogP contribution >= 0.6 is 0 Å². The zero-order chi connectivity index (χ0) is 20.1. The molecule has 1 amide bonds. The lowest BCUT2D eigenvalue weighted by atomic mass is 10.1. The number of para-hydroxylation sites is 1. The van der Waals surface area contributed by atoms with Gasteiger partial charge < -0.3 is 9.80 Å². The van der Waals surface area contributed by atoms with Gasteiger partial charge in [-0.15, -0.1) is 6.58 Å². The molecule has 0 atom stereocenters. The first-order chi connectivity index (χ1) is 13.4. The summed E-state index contributed by atoms with van der Waals surface area (Å²) in [5, 5.41) is 0. The van der Waals surface area contributed by atoms with E-state index in [0.717, 1.165) is 0 Å². The van der Waals surface area contributed by atoms with E-state index in [1.807, 2.05) is 4.90 Å². The number of hydrogen-bond acceptors (Lipinski definition) is 4. The lowest BCUT2D eigenvalue weighted by Crippen LogP contribution is -2.49. The van der Waals surface area contributed by atoms with E-state index in [1.54, 1.807) is 23.1 Å². The lowest BCUT2D eigenvalue weighted by molar-refractivity contribution is 0.0746. The molecule has 0 radical (unpaired) electrons. The van der Waals surface area contributed by atoms with Crippen molar-refractivity contribution in [3.05, 3.63) is 72.6 Å². The minimum absolute atomic E-state index is 0.0928. The van der Waals surface area contributed by atoms with Gasteiger partial charge in [0, 0.05) is 38.3 Å². The number of nitrogens with zero attached hydrogens (tertiary/aromatic N) is 2. The van der Waals surface area contributed by atoms with Crippen LogP contribution in [0.15, 0.2) is 66.1 Å². The van der Waals surface area contributed by atoms with Crippen LogP contribution in [0.5, 0.6) is 0 Å². The fraction of sp³-hybridized carbons (Fsp3) is 0.250. The van der Waals surface area contributed by atoms with Crippen LogP contribution in [0.4, 0.5) is 10.1 Å². The minimum Gasteiger partial charge on any atom is -0.366 e. The van der Waals surface area contributed by atoms with Gasteiger partial charge in [0.1, 0.15) is 5.82 Å². The molecule has 0 bridgehead atoms. The predicted molar refractivity (Wildman–Crippen MR) is 106 cm³/mol. The normalized spacial score (nSPS) is 14.8. The van der Waals surface area contributed by atoms with Crippen molar-refractivity contribution in [3.63, 3.8) is 0 Å². The first-order valence-corrected chi connectivity index (χ1v) is 10.4. The second kappa shape index (κ2) is 8.53. The number of nitrogens with one attached hydrogen (secondary N) is 1. The number of carbonyl (C=O) groups excluding carboxylic acids is 1. The zero-order valence-electron chi connectivity index (χ0n) is 15.3. The molecule has 0 spiro atoms. The number of hydrogen-bond donors (Lipinski definition) is 1. The Morgan fingerprint density at radius 2 is 1.71 bits per heavy atom. The highest BCUT2D eigenvalue weighted by Crippen LogP contribution is 2.21. The average molecular weight is 403 g/mol. The van der Waals surface area contributed by atoms with Crippen LogP contribution < -0.4 is 9.62 Å². The molecule has 1 N–H and O–H groups in total. The summed E-state index contributed by atoms with van der Waals surface area (Å²) in [6.07, 6.45) is 1.45. The topological polar surface area (TPSA) is 69.7 Å². The average Bonchev–Trinajstić information content (AvgIpc) is 2.72. The Kier molecular flexibility index (Phi) is 6.11. The molecule has 1 saturated heterocycles. The van der Waals surface area contributed by atoms with Crippen molar-refractivity contribution in [2.75, 3.05) is 37.6 Å². The van der Waals surface area contributed by atoms with Crippen LogP contribution in [0.2, 0.25) is 0 Å². The fourth-order valence-corrected chi connectivity index (χ4v) is 4.07. The van der Waals surface area contributed by atoms with Crippen LogP contribution in [0.25, 0.3) is 0 Å². The Morgan fingerprint density at radius 1 is 1.07 bits per heavy atom. The first kappa shape index (κ1) is 20.0. The van der Waals surface area contributed by atoms with Gasteiger partial charge in [-0.05, 0) is 36.4 Å². The van der Waals surface area contributed by atoms with Crippen molar-refractivity contribution in [1.82, 2.24) is 9.62 Å². The highest BCUT2D eigenvalue weighted by molar-refractivity contribution is 7.89. The fourth-order valence-electron chi connectivity index (χ4n) is 3.07. The molecule has 28 heavy (non-hydrogen) atoms. The number of piperazine rings is 1. The standard InChI is InChI=1S/C20H22FN3O3S/c1-2-11-22-28(26,27)17-9-7-16(8-10-17)20(25)24-14-12-23(13-15-24)19-6-4-3-5-18(19)21/h2-10,22H,1,11-15H2. The Hall–Kier alpha value is -2.71. The second-order valence-corrected chi connectivity index (χ2v) is 8.16. The molecule has 1 aliphatic heterocycles. The Labute approximate surface area is 164 Å². The Balaban J connectivity index is 1.64. The van der Waals surface area contributed by atoms with Gasteiger partial charge in [-0.2, -0.15) is 0 Å². The van der Waals surface area contributed by atoms with Gasteiger partial charge in [-0.3, -0.25) is 4.79 Å². The molecule has 148 valence electrons. The summed E-state index contributed by atoms with van der Waals surface area (Å²) in [6.45, 7) is 5.61. The molecule has 0 saturated carbocycles. The third-order valence-corrected chi connectivity index (χ3v) is 6.03. The number of carbonyl (C=O) groups is 1. The van der Waals surface area contributed by atoms with Crippen molar-refractivity contribution in [2.24, 2.45) is 0 Å². The molecule has 1 fully saturated rings. The first-order valence-electron chi connectivity index (χ1n) is 8.92. The third-order valence-electron chi connectivity index (χ3n) is 4.59. The molecule has 1 aliphatic rings. The number of rotatable bonds is 6. The van der Waals surface area contributed by atoms with Gasteiger partial charge in [0.15, 0.2) is 0 Å². The van der Waals surface area contributed by atoms with Gasteiger partial charge in [0.2, 0.25) is 10.0 Å². The van der Waals surface area contributed by atoms with Crippen LogP contribution in [0, 0.1) is 5.82 Å². The van der Waals surface area contributed by atoms with Gasteiger partial charge >= 0.3 is 0 Å². The third kappa shape index (κ3) is 4.40. The molecule has 2 aromatic rings. The van der Waals surface area contributed by atoms with E-state index in [2.05, 4.69) is 11.3 Å². The number of anilines is 1. The summed E-state index contributed by atoms with van der Waals surface area (Å²) >= 11 is 0. The van der Waals surface area contributed by atoms with Crippen LogP contribution in [0.1, 0.15) is 10.4 Å². The van der Waals surface area contributed by atoms with E-state index in [4.69, 9.17) is 0 Å². The number of amides is 1. The van der Waals surface area contributed by atoms with Gasteiger partial charge in [-0.25, -0.2) is 17.5 Å². The maximum Gasteiger partial charge on any atom is 0.253 e. The second-order valence-electron chi connectivity index (χ2n) is 6.40. The maximum atomic E-state index is 13.9. The van der Waals surface area contributed by atoms with E-state index in [1.165, 1.54) is 36.4 Å². The van der Waals surface area contributed by atoms with Gasteiger partial charge in [0.25, 0.3) is 5.91 Å². The van der Waals surface area contributed by atoms with Gasteiger partial charge in [0.05, 0.1) is 10.6 Å². The summed E-state index contributed by atoms with van der Waals surface area (Å²) < 4.78 is 40.5. The van der Waals surface area contributed by atoms with Crippen LogP contribution in [0.3, 0.4) is 0 Å². The quantitative estimate of drug-likeness (QED) is 0.751. The van der Waals surface area contributed by atoms with Crippen molar-refractivity contribution < 1.29 is 17.6 Å². The van der Waals surface area contributed by atoms with Crippen molar-refractivity contribution in [2.45, 2.75) is 4.90 Å². The molecule has 8 heteroatoms. The molecule has 6 nitrogen and oxygen atoms in total. The predicted octanol–water partition coefficient (Wildman–Crippen LogP) is 2.25.